The van der Waals surface area contributed by atoms with Crippen LogP contribution in [0.4, 0.5) is 0 Å². The van der Waals surface area contributed by atoms with E-state index in [1.54, 1.807) is 0 Å². The molecule has 2 nitrogen and oxygen atoms in total. The molecule has 44 heavy (non-hydrogen) atoms. The van der Waals surface area contributed by atoms with E-state index in [1.807, 2.05) is 0 Å². The quantitative estimate of drug-likeness (QED) is 0.193. The molecule has 0 saturated heterocycles. The molecule has 0 amide bonds. The van der Waals surface area contributed by atoms with Crippen molar-refractivity contribution in [1.82, 2.24) is 0 Å². The van der Waals surface area contributed by atoms with Gasteiger partial charge in [-0.1, -0.05) is 122 Å². The maximum absolute atomic E-state index is 7.23. The second-order valence-corrected chi connectivity index (χ2v) is 14.1. The summed E-state index contributed by atoms with van der Waals surface area (Å²) >= 11 is 0. The minimum absolute atomic E-state index is 0.387. The predicted molar refractivity (Wildman–Crippen MR) is 188 cm³/mol. The van der Waals surface area contributed by atoms with Crippen LogP contribution in [-0.4, -0.2) is 13.2 Å². The molecule has 2 aliphatic rings. The molecule has 2 unspecified atom stereocenters. The van der Waals surface area contributed by atoms with Crippen LogP contribution in [0.2, 0.25) is 0 Å². The molecule has 0 aromatic heterocycles. The Hall–Kier alpha value is -3.00. The highest BCUT2D eigenvalue weighted by Gasteiger charge is 2.33. The summed E-state index contributed by atoms with van der Waals surface area (Å²) in [4.78, 5) is 0. The second kappa shape index (κ2) is 14.0. The molecule has 2 heteroatoms. The average molecular weight is 591 g/mol. The molecule has 4 aromatic rings. The Balaban J connectivity index is 1.60. The number of hydrogen-bond acceptors (Lipinski definition) is 2. The van der Waals surface area contributed by atoms with Crippen molar-refractivity contribution in [3.63, 3.8) is 0 Å². The van der Waals surface area contributed by atoms with Crippen molar-refractivity contribution in [2.24, 2.45) is 17.8 Å². The third kappa shape index (κ3) is 6.11. The summed E-state index contributed by atoms with van der Waals surface area (Å²) in [6, 6.07) is 22.8. The van der Waals surface area contributed by atoms with Gasteiger partial charge in [-0.05, 0) is 94.2 Å². The molecule has 1 saturated carbocycles. The molecule has 1 fully saturated rings. The van der Waals surface area contributed by atoms with Gasteiger partial charge < -0.3 is 9.47 Å². The van der Waals surface area contributed by atoms with Gasteiger partial charge in [0.25, 0.3) is 0 Å². The van der Waals surface area contributed by atoms with Crippen LogP contribution in [0.15, 0.2) is 60.7 Å². The van der Waals surface area contributed by atoms with Crippen molar-refractivity contribution in [2.75, 3.05) is 13.2 Å². The fourth-order valence-electron chi connectivity index (χ4n) is 8.47. The first-order chi connectivity index (χ1) is 21.5. The predicted octanol–water partition coefficient (Wildman–Crippen LogP) is 12.5. The minimum Gasteiger partial charge on any atom is -0.492 e. The number of ether oxygens (including phenoxy) is 2. The monoisotopic (exact) mass is 590 g/mol. The summed E-state index contributed by atoms with van der Waals surface area (Å²) in [6.45, 7) is 13.2. The third-order valence-electron chi connectivity index (χ3n) is 11.0. The van der Waals surface area contributed by atoms with E-state index in [-0.39, 0.29) is 0 Å². The van der Waals surface area contributed by atoms with E-state index in [2.05, 4.69) is 95.3 Å². The Bertz CT molecular complexity index is 1450. The molecule has 6 rings (SSSR count). The topological polar surface area (TPSA) is 18.5 Å². The van der Waals surface area contributed by atoms with Crippen LogP contribution < -0.4 is 9.47 Å². The van der Waals surface area contributed by atoms with Gasteiger partial charge in [0.2, 0.25) is 0 Å². The van der Waals surface area contributed by atoms with Crippen LogP contribution in [0, 0.1) is 17.8 Å². The van der Waals surface area contributed by atoms with Gasteiger partial charge in [0.05, 0.1) is 13.2 Å². The number of fused-ring (bicyclic) bond motifs is 7. The second-order valence-electron chi connectivity index (χ2n) is 14.1. The lowest BCUT2D eigenvalue weighted by atomic mass is 9.75. The molecule has 1 aliphatic carbocycles. The Labute approximate surface area is 266 Å². The van der Waals surface area contributed by atoms with E-state index in [0.717, 1.165) is 56.3 Å². The van der Waals surface area contributed by atoms with Gasteiger partial charge in [0.15, 0.2) is 0 Å². The van der Waals surface area contributed by atoms with Gasteiger partial charge >= 0.3 is 0 Å². The molecule has 1 aliphatic heterocycles. The fourth-order valence-corrected chi connectivity index (χ4v) is 8.47. The first-order valence-corrected chi connectivity index (χ1v) is 17.9. The molecular weight excluding hydrogens is 536 g/mol. The van der Waals surface area contributed by atoms with Gasteiger partial charge in [0.1, 0.15) is 11.5 Å². The SMILES string of the molecule is CCCC1CCC(C2COc3c(C(C)CCC)cc4ccccc4c3-c3c(c(C(C)CCC)cc4ccccc34)OC2)CC1. The van der Waals surface area contributed by atoms with Crippen molar-refractivity contribution < 1.29 is 9.47 Å². The van der Waals surface area contributed by atoms with E-state index < -0.39 is 0 Å². The van der Waals surface area contributed by atoms with Gasteiger partial charge in [-0.15, -0.1) is 0 Å². The van der Waals surface area contributed by atoms with Crippen molar-refractivity contribution in [3.05, 3.63) is 71.8 Å². The first-order valence-electron chi connectivity index (χ1n) is 17.9. The number of rotatable bonds is 9. The Morgan fingerprint density at radius 1 is 0.614 bits per heavy atom. The number of hydrogen-bond donors (Lipinski definition) is 0. The minimum atomic E-state index is 0.387. The maximum atomic E-state index is 7.23. The number of benzene rings is 4. The summed E-state index contributed by atoms with van der Waals surface area (Å²) in [6.07, 6.45) is 12.6. The highest BCUT2D eigenvalue weighted by Crippen LogP contribution is 2.52. The molecular formula is C42H54O2. The van der Waals surface area contributed by atoms with Crippen LogP contribution in [0.3, 0.4) is 0 Å². The zero-order valence-corrected chi connectivity index (χ0v) is 28.0. The largest absolute Gasteiger partial charge is 0.492 e. The summed E-state index contributed by atoms with van der Waals surface area (Å²) in [5.41, 5.74) is 5.19. The summed E-state index contributed by atoms with van der Waals surface area (Å²) in [5, 5.41) is 5.12. The zero-order valence-electron chi connectivity index (χ0n) is 28.0. The Morgan fingerprint density at radius 2 is 1.09 bits per heavy atom. The summed E-state index contributed by atoms with van der Waals surface area (Å²) in [5.74, 6) is 4.98. The maximum Gasteiger partial charge on any atom is 0.131 e. The standard InChI is InChI=1S/C42H54O2/c1-6-13-28(4)37-24-32-16-9-11-18-35(32)39-40-36-19-12-10-17-33(36)25-38(29(5)14-7-2)42(40)44-27-34(26-43-41(37)39)31-22-20-30(15-8-3)21-23-31/h9-12,16-19,24-25,28-31,34H,6-8,13-15,20-23,26-27H2,1-5H3. The van der Waals surface area contributed by atoms with Crippen LogP contribution in [0.5, 0.6) is 11.5 Å². The van der Waals surface area contributed by atoms with Crippen molar-refractivity contribution in [2.45, 2.75) is 111 Å². The smallest absolute Gasteiger partial charge is 0.131 e. The van der Waals surface area contributed by atoms with Gasteiger partial charge in [-0.25, -0.2) is 0 Å². The van der Waals surface area contributed by atoms with Gasteiger partial charge in [-0.3, -0.25) is 0 Å². The van der Waals surface area contributed by atoms with E-state index in [0.29, 0.717) is 23.7 Å². The van der Waals surface area contributed by atoms with Crippen molar-refractivity contribution in [1.29, 1.82) is 0 Å². The first kappa shape index (κ1) is 31.0. The fraction of sp³-hybridized carbons (Fsp3) is 0.524. The Morgan fingerprint density at radius 3 is 1.55 bits per heavy atom. The Kier molecular flexibility index (Phi) is 9.84. The normalized spacial score (nSPS) is 21.7. The zero-order chi connectivity index (χ0) is 30.6. The van der Waals surface area contributed by atoms with Gasteiger partial charge in [-0.2, -0.15) is 0 Å². The lowest BCUT2D eigenvalue weighted by Crippen LogP contribution is -2.31. The molecule has 0 N–H and O–H groups in total. The van der Waals surface area contributed by atoms with Crippen molar-refractivity contribution in [3.8, 4) is 22.6 Å². The van der Waals surface area contributed by atoms with E-state index in [9.17, 15) is 0 Å². The van der Waals surface area contributed by atoms with E-state index in [1.165, 1.54) is 82.3 Å². The lowest BCUT2D eigenvalue weighted by Gasteiger charge is -2.34. The molecule has 0 spiro atoms. The van der Waals surface area contributed by atoms with Gasteiger partial charge in [0, 0.05) is 17.0 Å². The van der Waals surface area contributed by atoms with Crippen LogP contribution in [0.1, 0.15) is 122 Å². The van der Waals surface area contributed by atoms with Crippen LogP contribution in [-0.2, 0) is 0 Å². The molecule has 4 aromatic carbocycles. The van der Waals surface area contributed by atoms with E-state index in [4.69, 9.17) is 9.47 Å². The molecule has 1 heterocycles. The van der Waals surface area contributed by atoms with Crippen molar-refractivity contribution >= 4 is 21.5 Å². The summed E-state index contributed by atoms with van der Waals surface area (Å²) < 4.78 is 14.5. The highest BCUT2D eigenvalue weighted by molar-refractivity contribution is 6.11. The van der Waals surface area contributed by atoms with Crippen LogP contribution in [0.25, 0.3) is 32.7 Å². The molecule has 0 bridgehead atoms. The molecule has 0 radical (unpaired) electrons. The summed E-state index contributed by atoms with van der Waals surface area (Å²) in [7, 11) is 0. The average Bonchev–Trinajstić information content (AvgIpc) is 3.13. The molecule has 2 atom stereocenters. The molecule has 234 valence electrons. The lowest BCUT2D eigenvalue weighted by molar-refractivity contribution is 0.0972. The van der Waals surface area contributed by atoms with Crippen LogP contribution >= 0.6 is 0 Å². The highest BCUT2D eigenvalue weighted by atomic mass is 16.5. The third-order valence-corrected chi connectivity index (χ3v) is 11.0. The van der Waals surface area contributed by atoms with E-state index >= 15 is 0 Å².